The van der Waals surface area contributed by atoms with Crippen LogP contribution in [0.3, 0.4) is 0 Å². The van der Waals surface area contributed by atoms with Crippen molar-refractivity contribution in [3.63, 3.8) is 0 Å². The Morgan fingerprint density at radius 1 is 1.40 bits per heavy atom. The zero-order valence-electron chi connectivity index (χ0n) is 9.17. The zero-order chi connectivity index (χ0) is 11.5. The molecule has 1 rings (SSSR count). The van der Waals surface area contributed by atoms with Crippen LogP contribution in [0.2, 0.25) is 0 Å². The van der Waals surface area contributed by atoms with E-state index >= 15 is 0 Å². The number of halogens is 1. The maximum atomic E-state index is 13.1. The van der Waals surface area contributed by atoms with Crippen molar-refractivity contribution in [2.45, 2.75) is 32.8 Å². The van der Waals surface area contributed by atoms with Crippen LogP contribution in [-0.2, 0) is 0 Å². The molecule has 0 spiro atoms. The van der Waals surface area contributed by atoms with Crippen molar-refractivity contribution in [2.24, 2.45) is 0 Å². The predicted molar refractivity (Wildman–Crippen MR) is 56.1 cm³/mol. The molecule has 0 radical (unpaired) electrons. The van der Waals surface area contributed by atoms with Gasteiger partial charge in [-0.3, -0.25) is 0 Å². The van der Waals surface area contributed by atoms with E-state index in [-0.39, 0.29) is 11.2 Å². The number of nitriles is 1. The normalized spacial score (nSPS) is 10.9. The average Bonchev–Trinajstić information content (AvgIpc) is 2.16. The van der Waals surface area contributed by atoms with Gasteiger partial charge in [0.05, 0.1) is 11.6 Å². The smallest absolute Gasteiger partial charge is 0.128 e. The molecule has 1 aromatic rings. The van der Waals surface area contributed by atoms with Crippen molar-refractivity contribution >= 4 is 0 Å². The number of benzene rings is 1. The Balaban J connectivity index is 2.96. The van der Waals surface area contributed by atoms with E-state index in [1.807, 2.05) is 26.8 Å². The van der Waals surface area contributed by atoms with Gasteiger partial charge in [0.15, 0.2) is 0 Å². The van der Waals surface area contributed by atoms with Gasteiger partial charge >= 0.3 is 0 Å². The van der Waals surface area contributed by atoms with E-state index in [4.69, 9.17) is 10.00 Å². The molecule has 3 heteroatoms. The van der Waals surface area contributed by atoms with E-state index in [0.717, 1.165) is 6.42 Å². The van der Waals surface area contributed by atoms with E-state index in [1.165, 1.54) is 12.1 Å². The molecule has 0 N–H and O–H groups in total. The van der Waals surface area contributed by atoms with Gasteiger partial charge in [0.1, 0.15) is 17.2 Å². The summed E-state index contributed by atoms with van der Waals surface area (Å²) in [5.41, 5.74) is -0.0718. The van der Waals surface area contributed by atoms with Crippen LogP contribution >= 0.6 is 0 Å². The van der Waals surface area contributed by atoms with Crippen molar-refractivity contribution in [3.8, 4) is 11.8 Å². The van der Waals surface area contributed by atoms with E-state index in [2.05, 4.69) is 0 Å². The van der Waals surface area contributed by atoms with Gasteiger partial charge in [-0.25, -0.2) is 4.39 Å². The van der Waals surface area contributed by atoms with E-state index in [1.54, 1.807) is 6.07 Å². The largest absolute Gasteiger partial charge is 0.488 e. The Labute approximate surface area is 89.3 Å². The van der Waals surface area contributed by atoms with Crippen LogP contribution in [0.4, 0.5) is 4.39 Å². The van der Waals surface area contributed by atoms with Crippen LogP contribution < -0.4 is 4.74 Å². The first-order chi connectivity index (χ1) is 6.96. The molecule has 0 atom stereocenters. The quantitative estimate of drug-likeness (QED) is 0.762. The first kappa shape index (κ1) is 11.5. The molecule has 80 valence electrons. The second-order valence-electron chi connectivity index (χ2n) is 4.00. The maximum absolute atomic E-state index is 13.1. The molecular formula is C12H14FNO. The molecule has 0 bridgehead atoms. The first-order valence-electron chi connectivity index (χ1n) is 4.86. The minimum atomic E-state index is -0.448. The summed E-state index contributed by atoms with van der Waals surface area (Å²) in [5, 5.41) is 8.67. The molecule has 0 heterocycles. The summed E-state index contributed by atoms with van der Waals surface area (Å²) in [4.78, 5) is 0. The predicted octanol–water partition coefficient (Wildman–Crippen LogP) is 3.26. The van der Waals surface area contributed by atoms with Crippen molar-refractivity contribution in [2.75, 3.05) is 0 Å². The molecule has 1 aromatic carbocycles. The van der Waals surface area contributed by atoms with Crippen LogP contribution in [0.25, 0.3) is 0 Å². The summed E-state index contributed by atoms with van der Waals surface area (Å²) in [7, 11) is 0. The zero-order valence-corrected chi connectivity index (χ0v) is 9.17. The Kier molecular flexibility index (Phi) is 3.31. The van der Waals surface area contributed by atoms with Gasteiger partial charge in [0, 0.05) is 6.07 Å². The summed E-state index contributed by atoms with van der Waals surface area (Å²) >= 11 is 0. The van der Waals surface area contributed by atoms with Crippen LogP contribution in [-0.4, -0.2) is 5.60 Å². The number of hydrogen-bond acceptors (Lipinski definition) is 2. The lowest BCUT2D eigenvalue weighted by atomic mass is 10.1. The molecule has 0 aliphatic heterocycles. The second-order valence-corrected chi connectivity index (χ2v) is 4.00. The third-order valence-corrected chi connectivity index (χ3v) is 2.25. The fraction of sp³-hybridized carbons (Fsp3) is 0.417. The van der Waals surface area contributed by atoms with Gasteiger partial charge < -0.3 is 4.74 Å². The molecule has 0 saturated carbocycles. The minimum absolute atomic E-state index is 0.275. The highest BCUT2D eigenvalue weighted by molar-refractivity contribution is 5.37. The molecule has 0 unspecified atom stereocenters. The monoisotopic (exact) mass is 207 g/mol. The van der Waals surface area contributed by atoms with Gasteiger partial charge in [-0.15, -0.1) is 0 Å². The minimum Gasteiger partial charge on any atom is -0.488 e. The van der Waals surface area contributed by atoms with E-state index < -0.39 is 5.82 Å². The summed E-state index contributed by atoms with van der Waals surface area (Å²) in [5.74, 6) is -0.0469. The highest BCUT2D eigenvalue weighted by Gasteiger charge is 2.17. The molecule has 0 saturated heterocycles. The average molecular weight is 207 g/mol. The van der Waals surface area contributed by atoms with Gasteiger partial charge in [0.25, 0.3) is 0 Å². The lowest BCUT2D eigenvalue weighted by Crippen LogP contribution is -2.26. The molecule has 0 fully saturated rings. The van der Waals surface area contributed by atoms with Gasteiger partial charge in [-0.1, -0.05) is 6.92 Å². The highest BCUT2D eigenvalue weighted by Crippen LogP contribution is 2.22. The highest BCUT2D eigenvalue weighted by atomic mass is 19.1. The SMILES string of the molecule is CCC(C)(C)Oc1cc(F)cc(C#N)c1. The third-order valence-electron chi connectivity index (χ3n) is 2.25. The number of hydrogen-bond donors (Lipinski definition) is 0. The van der Waals surface area contributed by atoms with Gasteiger partial charge in [-0.2, -0.15) is 5.26 Å². The summed E-state index contributed by atoms with van der Waals surface area (Å²) in [6, 6.07) is 5.91. The molecule has 0 aliphatic carbocycles. The second kappa shape index (κ2) is 4.31. The molecule has 0 aliphatic rings. The fourth-order valence-electron chi connectivity index (χ4n) is 1.08. The molecular weight excluding hydrogens is 193 g/mol. The van der Waals surface area contributed by atoms with E-state index in [0.29, 0.717) is 5.75 Å². The summed E-state index contributed by atoms with van der Waals surface area (Å²) < 4.78 is 18.6. The lowest BCUT2D eigenvalue weighted by Gasteiger charge is -2.24. The Morgan fingerprint density at radius 2 is 2.07 bits per heavy atom. The number of ether oxygens (including phenoxy) is 1. The summed E-state index contributed by atoms with van der Waals surface area (Å²) in [6.07, 6.45) is 0.811. The third kappa shape index (κ3) is 3.25. The summed E-state index contributed by atoms with van der Waals surface area (Å²) in [6.45, 7) is 5.83. The molecule has 0 aromatic heterocycles. The van der Waals surface area contributed by atoms with Crippen molar-refractivity contribution < 1.29 is 9.13 Å². The Hall–Kier alpha value is -1.56. The van der Waals surface area contributed by atoms with Crippen LogP contribution in [0.5, 0.6) is 5.75 Å². The van der Waals surface area contributed by atoms with Gasteiger partial charge in [0.2, 0.25) is 0 Å². The Bertz CT molecular complexity index is 393. The van der Waals surface area contributed by atoms with E-state index in [9.17, 15) is 4.39 Å². The maximum Gasteiger partial charge on any atom is 0.128 e. The fourth-order valence-corrected chi connectivity index (χ4v) is 1.08. The standard InChI is InChI=1S/C12H14FNO/c1-4-12(2,3)15-11-6-9(8-14)5-10(13)7-11/h5-7H,4H2,1-3H3. The van der Waals surface area contributed by atoms with Crippen LogP contribution in [0.15, 0.2) is 18.2 Å². The molecule has 0 amide bonds. The molecule has 2 nitrogen and oxygen atoms in total. The Morgan fingerprint density at radius 3 is 2.60 bits per heavy atom. The first-order valence-corrected chi connectivity index (χ1v) is 4.86. The van der Waals surface area contributed by atoms with Crippen LogP contribution in [0.1, 0.15) is 32.8 Å². The number of rotatable bonds is 3. The molecule has 15 heavy (non-hydrogen) atoms. The lowest BCUT2D eigenvalue weighted by molar-refractivity contribution is 0.105. The van der Waals surface area contributed by atoms with Crippen molar-refractivity contribution in [1.82, 2.24) is 0 Å². The topological polar surface area (TPSA) is 33.0 Å². The van der Waals surface area contributed by atoms with Crippen molar-refractivity contribution in [3.05, 3.63) is 29.6 Å². The van der Waals surface area contributed by atoms with Crippen molar-refractivity contribution in [1.29, 1.82) is 5.26 Å². The number of nitrogens with zero attached hydrogens (tertiary/aromatic N) is 1. The van der Waals surface area contributed by atoms with Gasteiger partial charge in [-0.05, 0) is 32.4 Å². The van der Waals surface area contributed by atoms with Crippen LogP contribution in [0, 0.1) is 17.1 Å².